The molecule has 1 aromatic carbocycles. The summed E-state index contributed by atoms with van der Waals surface area (Å²) in [6, 6.07) is 9.75. The van der Waals surface area contributed by atoms with E-state index in [1.54, 1.807) is 51.1 Å². The van der Waals surface area contributed by atoms with Crippen LogP contribution >= 0.6 is 7.75 Å². The molecule has 204 valence electrons. The highest BCUT2D eigenvalue weighted by atomic mass is 31.2. The van der Waals surface area contributed by atoms with Gasteiger partial charge in [-0.05, 0) is 39.0 Å². The summed E-state index contributed by atoms with van der Waals surface area (Å²) in [6.07, 6.45) is -2.88. The number of para-hydroxylation sites is 1. The van der Waals surface area contributed by atoms with Gasteiger partial charge in [0.2, 0.25) is 0 Å². The number of nitrogen functional groups attached to an aromatic ring is 1. The van der Waals surface area contributed by atoms with Crippen LogP contribution in [0.15, 0.2) is 47.4 Å². The van der Waals surface area contributed by atoms with Crippen LogP contribution in [0.25, 0.3) is 0 Å². The number of hydrogen-bond donors (Lipinski definition) is 3. The zero-order valence-corrected chi connectivity index (χ0v) is 22.0. The van der Waals surface area contributed by atoms with E-state index in [2.05, 4.69) is 10.1 Å². The first kappa shape index (κ1) is 28.8. The third kappa shape index (κ3) is 7.60. The lowest BCUT2D eigenvalue weighted by Crippen LogP contribution is -2.37. The largest absolute Gasteiger partial charge is 0.464 e. The number of rotatable bonds is 11. The highest BCUT2D eigenvalue weighted by molar-refractivity contribution is 7.52. The molecule has 1 aliphatic heterocycles. The van der Waals surface area contributed by atoms with Crippen molar-refractivity contribution >= 4 is 19.5 Å². The first-order valence-corrected chi connectivity index (χ1v) is 13.1. The van der Waals surface area contributed by atoms with Crippen molar-refractivity contribution in [3.63, 3.8) is 0 Å². The summed E-state index contributed by atoms with van der Waals surface area (Å²) in [5.41, 5.74) is 4.17. The molecular weight excluding hydrogens is 507 g/mol. The Morgan fingerprint density at radius 3 is 2.59 bits per heavy atom. The van der Waals surface area contributed by atoms with Gasteiger partial charge in [-0.25, -0.2) is 14.4 Å². The number of carbonyl (C=O) groups excluding carboxylic acids is 1. The molecule has 0 aliphatic carbocycles. The second-order valence-electron chi connectivity index (χ2n) is 9.29. The average Bonchev–Trinajstić information content (AvgIpc) is 3.15. The van der Waals surface area contributed by atoms with Gasteiger partial charge in [0.25, 0.3) is 0 Å². The molecule has 0 saturated carbocycles. The van der Waals surface area contributed by atoms with Gasteiger partial charge in [-0.15, -0.1) is 0 Å². The lowest BCUT2D eigenvalue weighted by Gasteiger charge is -2.23. The maximum Gasteiger partial charge on any atom is 0.458 e. The van der Waals surface area contributed by atoms with Gasteiger partial charge in [-0.2, -0.15) is 4.98 Å². The monoisotopic (exact) mass is 540 g/mol. The van der Waals surface area contributed by atoms with Crippen LogP contribution in [0, 0.1) is 5.41 Å². The van der Waals surface area contributed by atoms with Crippen LogP contribution < -0.4 is 21.0 Å². The van der Waals surface area contributed by atoms with E-state index < -0.39 is 49.4 Å². The van der Waals surface area contributed by atoms with Crippen LogP contribution in [0.2, 0.25) is 0 Å². The molecule has 0 amide bonds. The Morgan fingerprint density at radius 2 is 1.97 bits per heavy atom. The molecule has 1 saturated heterocycles. The Morgan fingerprint density at radius 1 is 1.27 bits per heavy atom. The van der Waals surface area contributed by atoms with Gasteiger partial charge >= 0.3 is 19.4 Å². The molecule has 37 heavy (non-hydrogen) atoms. The molecule has 4 N–H and O–H groups in total. The van der Waals surface area contributed by atoms with E-state index in [4.69, 9.17) is 29.0 Å². The second-order valence-corrected chi connectivity index (χ2v) is 11.0. The summed E-state index contributed by atoms with van der Waals surface area (Å²) in [6.45, 7) is 4.67. The zero-order valence-electron chi connectivity index (χ0n) is 21.1. The molecule has 1 fully saturated rings. The molecular formula is C23H33N4O9P. The molecule has 3 rings (SSSR count). The molecule has 0 spiro atoms. The van der Waals surface area contributed by atoms with Crippen LogP contribution in [-0.2, 0) is 28.1 Å². The average molecular weight is 541 g/mol. The smallest absolute Gasteiger partial charge is 0.458 e. The lowest BCUT2D eigenvalue weighted by atomic mass is 9.97. The summed E-state index contributed by atoms with van der Waals surface area (Å²) in [4.78, 5) is 27.9. The van der Waals surface area contributed by atoms with Crippen molar-refractivity contribution in [3.8, 4) is 5.75 Å². The Balaban J connectivity index is 1.69. The van der Waals surface area contributed by atoms with E-state index >= 15 is 0 Å². The second kappa shape index (κ2) is 12.2. The number of anilines is 1. The van der Waals surface area contributed by atoms with Gasteiger partial charge in [0.15, 0.2) is 6.23 Å². The molecule has 13 nitrogen and oxygen atoms in total. The summed E-state index contributed by atoms with van der Waals surface area (Å²) in [7, 11) is -2.67. The molecule has 2 aromatic rings. The number of carbonyl (C=O) groups is 1. The Hall–Kier alpha value is -2.80. The highest BCUT2D eigenvalue weighted by Gasteiger charge is 2.46. The van der Waals surface area contributed by atoms with Crippen LogP contribution in [0.3, 0.4) is 0 Å². The van der Waals surface area contributed by atoms with Gasteiger partial charge in [0.1, 0.15) is 36.5 Å². The van der Waals surface area contributed by atoms with E-state index in [1.165, 1.54) is 19.4 Å². The van der Waals surface area contributed by atoms with Gasteiger partial charge in [0, 0.05) is 19.9 Å². The molecule has 2 heterocycles. The van der Waals surface area contributed by atoms with Gasteiger partial charge in [0.05, 0.1) is 12.0 Å². The number of nitrogens with zero attached hydrogens (tertiary/aromatic N) is 2. The Bertz CT molecular complexity index is 1150. The van der Waals surface area contributed by atoms with Crippen LogP contribution in [0.1, 0.15) is 27.0 Å². The van der Waals surface area contributed by atoms with Crippen molar-refractivity contribution in [1.82, 2.24) is 14.6 Å². The number of ether oxygens (including phenoxy) is 3. The lowest BCUT2D eigenvalue weighted by molar-refractivity contribution is -0.152. The van der Waals surface area contributed by atoms with Gasteiger partial charge in [-0.1, -0.05) is 18.2 Å². The maximum atomic E-state index is 13.5. The number of aliphatic hydroxyl groups excluding tert-OH is 1. The van der Waals surface area contributed by atoms with Crippen molar-refractivity contribution in [2.75, 3.05) is 32.6 Å². The molecule has 5 atom stereocenters. The Labute approximate surface area is 214 Å². The first-order valence-electron chi connectivity index (χ1n) is 11.6. The summed E-state index contributed by atoms with van der Waals surface area (Å²) < 4.78 is 42.3. The van der Waals surface area contributed by atoms with Gasteiger partial charge in [-0.3, -0.25) is 13.9 Å². The number of nitrogens with two attached hydrogens (primary N) is 1. The standard InChI is InChI=1S/C23H33N4O9P/c1-23(2,3)21(29)33-13-11-25-37(31,36-15-8-6-5-7-9-15)34-14-16-18(28)19(32-4)20(35-16)27-12-10-17(24)26-22(27)30/h5-10,12,16,18-20,28H,11,13-14H2,1-4H3,(H,25,31)(H2,24,26,30)/t16-,18?,19?,20-,37?/m1/s1. The molecule has 14 heteroatoms. The number of hydrogen-bond acceptors (Lipinski definition) is 11. The van der Waals surface area contributed by atoms with E-state index in [0.717, 1.165) is 4.57 Å². The highest BCUT2D eigenvalue weighted by Crippen LogP contribution is 2.45. The molecule has 1 aromatic heterocycles. The van der Waals surface area contributed by atoms with E-state index in [-0.39, 0.29) is 31.3 Å². The fourth-order valence-electron chi connectivity index (χ4n) is 3.39. The fraction of sp³-hybridized carbons (Fsp3) is 0.522. The predicted octanol–water partition coefficient (Wildman–Crippen LogP) is 1.48. The number of benzene rings is 1. The fourth-order valence-corrected chi connectivity index (χ4v) is 4.71. The van der Waals surface area contributed by atoms with Crippen LogP contribution in [-0.4, -0.2) is 65.8 Å². The number of nitrogens with one attached hydrogen (secondary N) is 1. The van der Waals surface area contributed by atoms with Gasteiger partial charge < -0.3 is 29.6 Å². The SMILES string of the molecule is COC1C(O)[C@@H](COP(=O)(NCCOC(=O)C(C)(C)C)Oc2ccccc2)O[C@H]1n1ccc(N)nc1=O. The summed E-state index contributed by atoms with van der Waals surface area (Å²) in [5.74, 6) is -0.113. The molecule has 0 radical (unpaired) electrons. The number of aliphatic hydroxyl groups is 1. The van der Waals surface area contributed by atoms with Crippen molar-refractivity contribution < 1.29 is 37.7 Å². The minimum Gasteiger partial charge on any atom is -0.464 e. The third-order valence-electron chi connectivity index (χ3n) is 5.34. The van der Waals surface area contributed by atoms with E-state index in [1.807, 2.05) is 0 Å². The molecule has 3 unspecified atom stereocenters. The third-order valence-corrected chi connectivity index (χ3v) is 6.89. The van der Waals surface area contributed by atoms with Crippen LogP contribution in [0.5, 0.6) is 5.75 Å². The van der Waals surface area contributed by atoms with Crippen molar-refractivity contribution in [2.24, 2.45) is 5.41 Å². The summed E-state index contributed by atoms with van der Waals surface area (Å²) in [5, 5.41) is 13.4. The number of aromatic nitrogens is 2. The summed E-state index contributed by atoms with van der Waals surface area (Å²) >= 11 is 0. The quantitative estimate of drug-likeness (QED) is 0.213. The topological polar surface area (TPSA) is 173 Å². The minimum absolute atomic E-state index is 0.0319. The van der Waals surface area contributed by atoms with Crippen molar-refractivity contribution in [3.05, 3.63) is 53.1 Å². The predicted molar refractivity (Wildman–Crippen MR) is 133 cm³/mol. The van der Waals surface area contributed by atoms with E-state index in [9.17, 15) is 19.3 Å². The molecule has 0 bridgehead atoms. The zero-order chi connectivity index (χ0) is 27.2. The molecule has 1 aliphatic rings. The van der Waals surface area contributed by atoms with Crippen molar-refractivity contribution in [1.29, 1.82) is 0 Å². The number of esters is 1. The number of methoxy groups -OCH3 is 1. The minimum atomic E-state index is -4.03. The Kier molecular flexibility index (Phi) is 9.46. The van der Waals surface area contributed by atoms with E-state index in [0.29, 0.717) is 0 Å². The maximum absolute atomic E-state index is 13.5. The normalized spacial score (nSPS) is 23.4. The van der Waals surface area contributed by atoms with Crippen molar-refractivity contribution in [2.45, 2.75) is 45.3 Å². The van der Waals surface area contributed by atoms with Crippen LogP contribution in [0.4, 0.5) is 5.82 Å². The first-order chi connectivity index (χ1) is 17.4.